The lowest BCUT2D eigenvalue weighted by molar-refractivity contribution is 0.0880. The Kier molecular flexibility index (Phi) is 7.98. The van der Waals surface area contributed by atoms with E-state index >= 15 is 0 Å². The maximum absolute atomic E-state index is 6.80. The fourth-order valence-corrected chi connectivity index (χ4v) is 3.25. The van der Waals surface area contributed by atoms with Crippen molar-refractivity contribution in [3.8, 4) is 0 Å². The molecule has 0 aromatic rings. The van der Waals surface area contributed by atoms with Crippen molar-refractivity contribution in [1.82, 2.24) is 4.67 Å². The van der Waals surface area contributed by atoms with Crippen molar-refractivity contribution in [2.45, 2.75) is 66.2 Å². The van der Waals surface area contributed by atoms with Crippen LogP contribution in [0.25, 0.3) is 4.85 Å². The average molecular weight is 274 g/mol. The summed E-state index contributed by atoms with van der Waals surface area (Å²) in [5.41, 5.74) is -0.244. The number of rotatable bonds is 7. The Morgan fingerprint density at radius 3 is 2.00 bits per heavy atom. The summed E-state index contributed by atoms with van der Waals surface area (Å²) in [4.78, 5) is 3.31. The van der Waals surface area contributed by atoms with Gasteiger partial charge >= 0.3 is 0 Å². The predicted molar refractivity (Wildman–Crippen MR) is 77.3 cm³/mol. The van der Waals surface area contributed by atoms with Crippen molar-refractivity contribution < 1.29 is 9.05 Å². The fraction of sp³-hybridized carbons (Fsp3) is 0.923. The van der Waals surface area contributed by atoms with Gasteiger partial charge in [0, 0.05) is 12.1 Å². The highest BCUT2D eigenvalue weighted by Crippen LogP contribution is 2.48. The van der Waals surface area contributed by atoms with Crippen LogP contribution in [0.5, 0.6) is 0 Å². The summed E-state index contributed by atoms with van der Waals surface area (Å²) in [6.45, 7) is 22.3. The van der Waals surface area contributed by atoms with Crippen LogP contribution in [0, 0.1) is 6.57 Å². The third-order valence-corrected chi connectivity index (χ3v) is 4.41. The standard InChI is InChI=1S/C13H27N2O2P/c1-11(2)15(12(3)4)18(16-10-9-14-8)17-13(5,6)7/h11-12H,9-10H2,1-7H3. The lowest BCUT2D eigenvalue weighted by Crippen LogP contribution is -2.35. The summed E-state index contributed by atoms with van der Waals surface area (Å²) < 4.78 is 14.1. The molecule has 0 aromatic carbocycles. The third-order valence-electron chi connectivity index (χ3n) is 2.00. The molecular formula is C13H27N2O2P. The van der Waals surface area contributed by atoms with Crippen LogP contribution in [-0.2, 0) is 9.05 Å². The largest absolute Gasteiger partial charge is 0.316 e. The molecule has 4 nitrogen and oxygen atoms in total. The minimum absolute atomic E-state index is 0.244. The van der Waals surface area contributed by atoms with Crippen molar-refractivity contribution in [3.05, 3.63) is 11.4 Å². The van der Waals surface area contributed by atoms with Crippen LogP contribution in [-0.4, -0.2) is 35.5 Å². The Labute approximate surface area is 113 Å². The molecule has 1 unspecified atom stereocenters. The van der Waals surface area contributed by atoms with Gasteiger partial charge in [-0.3, -0.25) is 0 Å². The van der Waals surface area contributed by atoms with Crippen molar-refractivity contribution >= 4 is 8.53 Å². The van der Waals surface area contributed by atoms with E-state index in [-0.39, 0.29) is 5.60 Å². The predicted octanol–water partition coefficient (Wildman–Crippen LogP) is 4.08. The van der Waals surface area contributed by atoms with E-state index < -0.39 is 8.53 Å². The molecule has 0 spiro atoms. The molecule has 1 atom stereocenters. The topological polar surface area (TPSA) is 26.1 Å². The minimum Gasteiger partial charge on any atom is -0.316 e. The van der Waals surface area contributed by atoms with Gasteiger partial charge in [0.2, 0.25) is 6.54 Å². The maximum atomic E-state index is 6.80. The second-order valence-corrected chi connectivity index (χ2v) is 7.10. The molecule has 0 aliphatic rings. The van der Waals surface area contributed by atoms with Gasteiger partial charge in [-0.2, -0.15) is 0 Å². The van der Waals surface area contributed by atoms with Crippen LogP contribution in [0.1, 0.15) is 48.5 Å². The molecule has 0 fully saturated rings. The molecule has 0 saturated heterocycles. The van der Waals surface area contributed by atoms with Gasteiger partial charge in [-0.15, -0.1) is 0 Å². The van der Waals surface area contributed by atoms with Gasteiger partial charge in [0.05, 0.1) is 5.60 Å². The third kappa shape index (κ3) is 7.28. The summed E-state index contributed by atoms with van der Waals surface area (Å²) in [7, 11) is -1.11. The number of nitrogens with zero attached hydrogens (tertiary/aromatic N) is 2. The molecule has 0 amide bonds. The summed E-state index contributed by atoms with van der Waals surface area (Å²) in [5.74, 6) is 0. The zero-order chi connectivity index (χ0) is 14.3. The Morgan fingerprint density at radius 1 is 1.17 bits per heavy atom. The van der Waals surface area contributed by atoms with Crippen LogP contribution < -0.4 is 0 Å². The molecule has 18 heavy (non-hydrogen) atoms. The van der Waals surface area contributed by atoms with E-state index in [1.54, 1.807) is 0 Å². The monoisotopic (exact) mass is 274 g/mol. The van der Waals surface area contributed by atoms with Crippen LogP contribution in [0.15, 0.2) is 0 Å². The van der Waals surface area contributed by atoms with Gasteiger partial charge in [-0.05, 0) is 48.5 Å². The highest BCUT2D eigenvalue weighted by Gasteiger charge is 2.31. The smallest absolute Gasteiger partial charge is 0.260 e. The van der Waals surface area contributed by atoms with Crippen molar-refractivity contribution in [3.63, 3.8) is 0 Å². The van der Waals surface area contributed by atoms with Crippen LogP contribution >= 0.6 is 8.53 Å². The second kappa shape index (κ2) is 8.07. The van der Waals surface area contributed by atoms with E-state index in [9.17, 15) is 0 Å². The van der Waals surface area contributed by atoms with Gasteiger partial charge in [-0.25, -0.2) is 11.2 Å². The molecule has 0 N–H and O–H groups in total. The molecule has 5 heteroatoms. The van der Waals surface area contributed by atoms with Crippen LogP contribution in [0.4, 0.5) is 0 Å². The summed E-state index contributed by atoms with van der Waals surface area (Å²) in [6, 6.07) is 0.706. The van der Waals surface area contributed by atoms with E-state index in [1.165, 1.54) is 0 Å². The van der Waals surface area contributed by atoms with Crippen molar-refractivity contribution in [2.75, 3.05) is 13.2 Å². The average Bonchev–Trinajstić information content (AvgIpc) is 2.13. The number of hydrogen-bond donors (Lipinski definition) is 0. The first-order chi connectivity index (χ1) is 8.19. The first kappa shape index (κ1) is 17.8. The lowest BCUT2D eigenvalue weighted by Gasteiger charge is -2.38. The van der Waals surface area contributed by atoms with Gasteiger partial charge < -0.3 is 13.9 Å². The number of hydrogen-bond acceptors (Lipinski definition) is 3. The Morgan fingerprint density at radius 2 is 1.67 bits per heavy atom. The Hall–Kier alpha value is -0.200. The highest BCUT2D eigenvalue weighted by atomic mass is 31.2. The van der Waals surface area contributed by atoms with Gasteiger partial charge in [0.1, 0.15) is 6.61 Å². The molecule has 0 aromatic heterocycles. The minimum atomic E-state index is -1.11. The molecule has 106 valence electrons. The Balaban J connectivity index is 4.76. The highest BCUT2D eigenvalue weighted by molar-refractivity contribution is 7.44. The quantitative estimate of drug-likeness (QED) is 0.397. The molecule has 0 heterocycles. The maximum Gasteiger partial charge on any atom is 0.260 e. The van der Waals surface area contributed by atoms with Gasteiger partial charge in [-0.1, -0.05) is 0 Å². The molecule has 0 aliphatic heterocycles. The summed E-state index contributed by atoms with van der Waals surface area (Å²) in [6.07, 6.45) is 0. The molecule has 0 rings (SSSR count). The van der Waals surface area contributed by atoms with Gasteiger partial charge in [0.15, 0.2) is 0 Å². The molecule has 0 radical (unpaired) electrons. The lowest BCUT2D eigenvalue weighted by atomic mass is 10.2. The summed E-state index contributed by atoms with van der Waals surface area (Å²) in [5, 5.41) is 0. The molecule has 0 aliphatic carbocycles. The zero-order valence-corrected chi connectivity index (χ0v) is 13.6. The van der Waals surface area contributed by atoms with Gasteiger partial charge in [0.25, 0.3) is 8.53 Å². The SMILES string of the molecule is [C-]#[N+]CCOP(OC(C)(C)C)N(C(C)C)C(C)C. The normalized spacial score (nSPS) is 14.3. The van der Waals surface area contributed by atoms with E-state index in [0.29, 0.717) is 25.2 Å². The molecule has 0 bridgehead atoms. The van der Waals surface area contributed by atoms with E-state index in [1.807, 2.05) is 20.8 Å². The van der Waals surface area contributed by atoms with E-state index in [0.717, 1.165) is 0 Å². The van der Waals surface area contributed by atoms with Crippen LogP contribution in [0.2, 0.25) is 0 Å². The second-order valence-electron chi connectivity index (χ2n) is 5.72. The first-order valence-corrected chi connectivity index (χ1v) is 7.55. The zero-order valence-electron chi connectivity index (χ0n) is 12.7. The molecular weight excluding hydrogens is 247 g/mol. The molecule has 0 saturated carbocycles. The van der Waals surface area contributed by atoms with E-state index in [2.05, 4.69) is 37.2 Å². The Bertz CT molecular complexity index is 261. The summed E-state index contributed by atoms with van der Waals surface area (Å²) >= 11 is 0. The van der Waals surface area contributed by atoms with Crippen LogP contribution in [0.3, 0.4) is 0 Å². The van der Waals surface area contributed by atoms with Crippen molar-refractivity contribution in [2.24, 2.45) is 0 Å². The first-order valence-electron chi connectivity index (χ1n) is 6.42. The van der Waals surface area contributed by atoms with E-state index in [4.69, 9.17) is 15.6 Å². The fourth-order valence-electron chi connectivity index (χ4n) is 1.51. The van der Waals surface area contributed by atoms with Crippen molar-refractivity contribution in [1.29, 1.82) is 0 Å².